The zero-order valence-electron chi connectivity index (χ0n) is 37.7. The van der Waals surface area contributed by atoms with Crippen LogP contribution in [0.1, 0.15) is 44.5 Å². The fourth-order valence-electron chi connectivity index (χ4n) is 7.53. The Morgan fingerprint density at radius 2 is 0.426 bits per heavy atom. The van der Waals surface area contributed by atoms with E-state index in [0.29, 0.717) is 0 Å². The van der Waals surface area contributed by atoms with Crippen molar-refractivity contribution in [3.8, 4) is 23.0 Å². The number of hydrogen-bond acceptors (Lipinski definition) is 20. The summed E-state index contributed by atoms with van der Waals surface area (Å²) in [6, 6.07) is 7.97. The first-order valence-electron chi connectivity index (χ1n) is 19.5. The van der Waals surface area contributed by atoms with Crippen molar-refractivity contribution in [1.29, 1.82) is 0 Å². The first-order valence-corrected chi connectivity index (χ1v) is 25.2. The van der Waals surface area contributed by atoms with E-state index in [1.165, 1.54) is 0 Å². The maximum absolute atomic E-state index is 12.8. The first kappa shape index (κ1) is 61.9. The van der Waals surface area contributed by atoms with Crippen LogP contribution in [0.15, 0.2) is 68.1 Å². The molecule has 0 unspecified atom stereocenters. The van der Waals surface area contributed by atoms with Gasteiger partial charge in [0.1, 0.15) is 89.9 Å². The third-order valence-electron chi connectivity index (χ3n) is 10.2. The van der Waals surface area contributed by atoms with Crippen molar-refractivity contribution < 1.29 is 208 Å². The van der Waals surface area contributed by atoms with E-state index in [1.807, 2.05) is 0 Å². The summed E-state index contributed by atoms with van der Waals surface area (Å²) in [4.78, 5) is -3.10. The molecule has 2 heterocycles. The molecule has 28 heteroatoms. The third-order valence-corrected chi connectivity index (χ3v) is 13.4. The van der Waals surface area contributed by atoms with Crippen molar-refractivity contribution in [2.45, 2.75) is 45.3 Å². The second-order valence-electron chi connectivity index (χ2n) is 14.6. The Hall–Kier alpha value is -0.440. The Kier molecular flexibility index (Phi) is 24.3. The van der Waals surface area contributed by atoms with Crippen LogP contribution >= 0.6 is 0 Å². The van der Waals surface area contributed by atoms with Crippen LogP contribution in [0, 0.1) is 0 Å². The summed E-state index contributed by atoms with van der Waals surface area (Å²) in [5, 5.41) is 0. The van der Waals surface area contributed by atoms with Crippen molar-refractivity contribution in [3.63, 3.8) is 0 Å². The van der Waals surface area contributed by atoms with Crippen molar-refractivity contribution in [2.75, 3.05) is 79.3 Å². The van der Waals surface area contributed by atoms with Gasteiger partial charge in [0.15, 0.2) is 0 Å². The second-order valence-corrected chi connectivity index (χ2v) is 20.2. The second kappa shape index (κ2) is 26.7. The van der Waals surface area contributed by atoms with Crippen LogP contribution in [0.5, 0.6) is 23.0 Å². The van der Waals surface area contributed by atoms with Crippen LogP contribution in [0.2, 0.25) is 0 Å². The van der Waals surface area contributed by atoms with Crippen molar-refractivity contribution in [2.24, 2.45) is 0 Å². The third kappa shape index (κ3) is 16.3. The Bertz CT molecular complexity index is 2500. The molecular formula is C40H40Na4O20S4. The Labute approximate surface area is 483 Å². The maximum atomic E-state index is 12.8. The monoisotopic (exact) mass is 1060 g/mol. The van der Waals surface area contributed by atoms with E-state index in [2.05, 4.69) is 0 Å². The van der Waals surface area contributed by atoms with E-state index in [9.17, 15) is 51.9 Å². The molecule has 20 nitrogen and oxygen atoms in total. The molecule has 68 heavy (non-hydrogen) atoms. The van der Waals surface area contributed by atoms with Crippen molar-refractivity contribution in [1.82, 2.24) is 0 Å². The molecule has 0 fully saturated rings. The van der Waals surface area contributed by atoms with Gasteiger partial charge in [0.05, 0.1) is 72.4 Å². The van der Waals surface area contributed by atoms with Gasteiger partial charge in [0.2, 0.25) is 0 Å². The normalized spacial score (nSPS) is 16.4. The van der Waals surface area contributed by atoms with Crippen LogP contribution < -0.4 is 137 Å². The predicted molar refractivity (Wildman–Crippen MR) is 214 cm³/mol. The van der Waals surface area contributed by atoms with Gasteiger partial charge in [-0.05, 0) is 48.5 Å². The summed E-state index contributed by atoms with van der Waals surface area (Å²) in [7, 11) is -21.1. The smallest absolute Gasteiger partial charge is 0.744 e. The minimum absolute atomic E-state index is 0. The standard InChI is InChI=1S/C40H44O20S4.4Na/c41-61(42,43)33-17-25-13-26-18-34(62(44,45)46)22-30-16-32-24-36(64(50,51)52)20-28-14-27-19-35(63(47,48)49)23-31(39(27)59-11-7-55-3-4-56-8-12-60-40(28)32)15-29(21-33)37(25)57-9-5-53-1-2-54-6-10-58-38(26)30;;;;/h17-24H,1-16H2,(H,41,42,43)(H,44,45,46)(H,47,48,49)(H,50,51,52);;;;/q;4*+1/p-4. The van der Waals surface area contributed by atoms with Gasteiger partial charge in [-0.15, -0.1) is 0 Å². The molecule has 0 N–H and O–H groups in total. The molecule has 0 spiro atoms. The van der Waals surface area contributed by atoms with Gasteiger partial charge >= 0.3 is 118 Å². The van der Waals surface area contributed by atoms with Gasteiger partial charge in [-0.25, -0.2) is 33.7 Å². The molecule has 7 rings (SSSR count). The molecule has 0 aromatic heterocycles. The zero-order valence-corrected chi connectivity index (χ0v) is 49.0. The van der Waals surface area contributed by atoms with Gasteiger partial charge in [0.25, 0.3) is 0 Å². The molecule has 0 atom stereocenters. The molecule has 2 aliphatic heterocycles. The maximum Gasteiger partial charge on any atom is 1.00 e. The average molecular weight is 1060 g/mol. The predicted octanol–water partition coefficient (Wildman–Crippen LogP) is -10.4. The fraction of sp³-hybridized carbons (Fsp3) is 0.400. The quantitative estimate of drug-likeness (QED) is 0.119. The molecule has 0 saturated carbocycles. The molecule has 0 saturated heterocycles. The summed E-state index contributed by atoms with van der Waals surface area (Å²) in [5.41, 5.74) is -0.398. The van der Waals surface area contributed by atoms with Gasteiger partial charge < -0.3 is 56.1 Å². The Morgan fingerprint density at radius 3 is 0.574 bits per heavy atom. The van der Waals surface area contributed by atoms with E-state index in [-0.39, 0.29) is 265 Å². The number of rotatable bonds is 4. The van der Waals surface area contributed by atoms with Crippen molar-refractivity contribution >= 4 is 40.5 Å². The van der Waals surface area contributed by atoms with E-state index in [4.69, 9.17) is 37.9 Å². The van der Waals surface area contributed by atoms with Gasteiger partial charge in [-0.3, -0.25) is 0 Å². The summed E-state index contributed by atoms with van der Waals surface area (Å²) >= 11 is 0. The topological polar surface area (TPSA) is 303 Å². The van der Waals surface area contributed by atoms with Crippen LogP contribution in [0.25, 0.3) is 0 Å². The molecule has 12 bridgehead atoms. The molecule has 348 valence electrons. The summed E-state index contributed by atoms with van der Waals surface area (Å²) in [5.74, 6) is -0.248. The molecule has 4 aromatic rings. The van der Waals surface area contributed by atoms with Crippen LogP contribution in [0.4, 0.5) is 0 Å². The molecule has 0 radical (unpaired) electrons. The van der Waals surface area contributed by atoms with Crippen LogP contribution in [0.3, 0.4) is 0 Å². The van der Waals surface area contributed by atoms with E-state index in [1.54, 1.807) is 0 Å². The first-order chi connectivity index (χ1) is 30.3. The summed E-state index contributed by atoms with van der Waals surface area (Å²) in [6.45, 7) is -0.452. The minimum atomic E-state index is -5.28. The largest absolute Gasteiger partial charge is 1.00 e. The van der Waals surface area contributed by atoms with Crippen molar-refractivity contribution in [3.05, 3.63) is 93.0 Å². The van der Waals surface area contributed by atoms with Crippen LogP contribution in [-0.2, 0) is 85.1 Å². The number of hydrogen-bond donors (Lipinski definition) is 0. The fourth-order valence-corrected chi connectivity index (χ4v) is 9.83. The zero-order chi connectivity index (χ0) is 45.9. The number of ether oxygens (including phenoxy) is 8. The molecular weight excluding hydrogens is 1020 g/mol. The summed E-state index contributed by atoms with van der Waals surface area (Å²) in [6.07, 6.45) is -1.95. The van der Waals surface area contributed by atoms with Gasteiger partial charge in [0, 0.05) is 70.2 Å². The van der Waals surface area contributed by atoms with Gasteiger partial charge in [-0.1, -0.05) is 0 Å². The molecule has 0 amide bonds. The Balaban J connectivity index is 0.00000306. The van der Waals surface area contributed by atoms with E-state index < -0.39 is 85.7 Å². The molecule has 3 aliphatic rings. The molecule has 1 aliphatic carbocycles. The van der Waals surface area contributed by atoms with E-state index in [0.717, 1.165) is 48.5 Å². The Morgan fingerprint density at radius 1 is 0.279 bits per heavy atom. The number of benzene rings is 4. The SMILES string of the molecule is O=S(=O)([O-])c1cc2c3c(c1)Cc1cc(S(=O)(=O)[O-])cc4c1OCCOCCOCCOc1c(cc(S(=O)(=O)[O-])cc1Cc1cc(S(=O)(=O)[O-])cc(c1OCCOCCOCCO3)C2)C4.[Na+].[Na+].[Na+].[Na+]. The van der Waals surface area contributed by atoms with Gasteiger partial charge in [-0.2, -0.15) is 0 Å². The minimum Gasteiger partial charge on any atom is -0.744 e. The van der Waals surface area contributed by atoms with E-state index >= 15 is 0 Å². The summed E-state index contributed by atoms with van der Waals surface area (Å²) < 4.78 is 202. The molecule has 4 aromatic carbocycles. The average Bonchev–Trinajstić information content (AvgIpc) is 3.20. The van der Waals surface area contributed by atoms with Crippen LogP contribution in [-0.4, -0.2) is 131 Å².